The zero-order valence-corrected chi connectivity index (χ0v) is 25.0. The molecule has 0 radical (unpaired) electrons. The molecule has 3 heterocycles. The van der Waals surface area contributed by atoms with Crippen molar-refractivity contribution >= 4 is 17.5 Å². The minimum atomic E-state index is -4.61. The van der Waals surface area contributed by atoms with E-state index in [0.29, 0.717) is 36.8 Å². The number of anilines is 1. The van der Waals surface area contributed by atoms with E-state index in [-0.39, 0.29) is 41.5 Å². The van der Waals surface area contributed by atoms with Gasteiger partial charge >= 0.3 is 6.18 Å². The molecule has 230 valence electrons. The highest BCUT2D eigenvalue weighted by Crippen LogP contribution is 2.52. The molecule has 1 atom stereocenters. The number of amides is 2. The molecule has 2 aromatic carbocycles. The fourth-order valence-corrected chi connectivity index (χ4v) is 7.19. The Bertz CT molecular complexity index is 1660. The first kappa shape index (κ1) is 29.9. The lowest BCUT2D eigenvalue weighted by Crippen LogP contribution is -2.43. The van der Waals surface area contributed by atoms with E-state index in [1.165, 1.54) is 4.90 Å². The van der Waals surface area contributed by atoms with Crippen molar-refractivity contribution in [2.24, 2.45) is 18.9 Å². The summed E-state index contributed by atoms with van der Waals surface area (Å²) in [7, 11) is 1.90. The van der Waals surface area contributed by atoms with Gasteiger partial charge in [0.1, 0.15) is 12.2 Å². The second-order valence-electron chi connectivity index (χ2n) is 12.4. The van der Waals surface area contributed by atoms with Crippen molar-refractivity contribution in [3.05, 3.63) is 76.4 Å². The predicted molar refractivity (Wildman–Crippen MR) is 158 cm³/mol. The lowest BCUT2D eigenvalue weighted by atomic mass is 9.58. The molecule has 1 saturated carbocycles. The summed E-state index contributed by atoms with van der Waals surface area (Å²) in [5.74, 6) is 6.02. The average molecular weight is 605 g/mol. The Kier molecular flexibility index (Phi) is 7.74. The largest absolute Gasteiger partial charge is 0.416 e. The molecular weight excluding hydrogens is 569 g/mol. The number of halogens is 3. The molecule has 11 heteroatoms. The van der Waals surface area contributed by atoms with E-state index < -0.39 is 17.6 Å². The Morgan fingerprint density at radius 2 is 2.00 bits per heavy atom. The number of benzene rings is 2. The van der Waals surface area contributed by atoms with E-state index in [2.05, 4.69) is 34.3 Å². The zero-order chi connectivity index (χ0) is 31.2. The van der Waals surface area contributed by atoms with E-state index in [4.69, 9.17) is 0 Å². The second-order valence-corrected chi connectivity index (χ2v) is 12.4. The van der Waals surface area contributed by atoms with Crippen LogP contribution < -0.4 is 10.2 Å². The molecule has 2 aliphatic heterocycles. The van der Waals surface area contributed by atoms with Crippen LogP contribution >= 0.6 is 0 Å². The van der Waals surface area contributed by atoms with Gasteiger partial charge in [0.05, 0.1) is 17.5 Å². The number of likely N-dealkylation sites (tertiary alicyclic amines) is 1. The summed E-state index contributed by atoms with van der Waals surface area (Å²) in [5, 5.41) is 11.7. The fraction of sp³-hybridized carbons (Fsp3) is 0.455. The number of rotatable bonds is 7. The van der Waals surface area contributed by atoms with Crippen LogP contribution in [0.15, 0.2) is 42.7 Å². The minimum Gasteiger partial charge on any atom is -0.332 e. The number of carbonyl (C=O) groups excluding carboxylic acids is 2. The van der Waals surface area contributed by atoms with Gasteiger partial charge in [-0.2, -0.15) is 13.2 Å². The van der Waals surface area contributed by atoms with E-state index in [1.54, 1.807) is 30.3 Å². The highest BCUT2D eigenvalue weighted by molar-refractivity contribution is 6.10. The van der Waals surface area contributed by atoms with Gasteiger partial charge in [0.2, 0.25) is 0 Å². The van der Waals surface area contributed by atoms with E-state index in [1.807, 2.05) is 29.8 Å². The van der Waals surface area contributed by atoms with Gasteiger partial charge in [-0.15, -0.1) is 10.2 Å². The van der Waals surface area contributed by atoms with Crippen LogP contribution in [0.3, 0.4) is 0 Å². The number of nitrogens with zero attached hydrogens (tertiary/aromatic N) is 5. The van der Waals surface area contributed by atoms with Crippen molar-refractivity contribution in [1.29, 1.82) is 0 Å². The van der Waals surface area contributed by atoms with Crippen molar-refractivity contribution in [2.75, 3.05) is 24.5 Å². The maximum Gasteiger partial charge on any atom is 0.416 e. The molecule has 44 heavy (non-hydrogen) atoms. The number of carbonyl (C=O) groups is 2. The van der Waals surface area contributed by atoms with Crippen LogP contribution in [0.1, 0.15) is 71.5 Å². The van der Waals surface area contributed by atoms with Crippen LogP contribution in [0.25, 0.3) is 0 Å². The standard InChI is InChI=1S/C33H35F3N6O2/c1-4-6-29(43)41-10-9-22(18-41)16-37-17-23-11-26-27(28(12-23)33(34,35)36)19-42(30(26)44)25-8-5-7-24(13-25)32(14-21(2)15-32)31-39-38-20-40(31)3/h5,7-8,11-13,20-22,37H,9-10,14-19H2,1-3H3/t21?,22-,32?/m1/s1. The highest BCUT2D eigenvalue weighted by Gasteiger charge is 2.48. The fourth-order valence-electron chi connectivity index (χ4n) is 7.19. The zero-order valence-electron chi connectivity index (χ0n) is 25.0. The van der Waals surface area contributed by atoms with Crippen LogP contribution in [0.4, 0.5) is 18.9 Å². The monoisotopic (exact) mass is 604 g/mol. The number of nitrogens with one attached hydrogen (secondary N) is 1. The molecule has 6 rings (SSSR count). The van der Waals surface area contributed by atoms with Gasteiger partial charge in [-0.05, 0) is 84.9 Å². The normalized spacial score (nSPS) is 22.9. The lowest BCUT2D eigenvalue weighted by Gasteiger charge is -2.46. The smallest absolute Gasteiger partial charge is 0.332 e. The van der Waals surface area contributed by atoms with Crippen LogP contribution in [0, 0.1) is 23.7 Å². The summed E-state index contributed by atoms with van der Waals surface area (Å²) in [4.78, 5) is 28.9. The van der Waals surface area contributed by atoms with E-state index in [9.17, 15) is 22.8 Å². The molecule has 0 bridgehead atoms. The second kappa shape index (κ2) is 11.4. The van der Waals surface area contributed by atoms with Crippen LogP contribution in [0.2, 0.25) is 0 Å². The number of aryl methyl sites for hydroxylation is 1. The average Bonchev–Trinajstić information content (AvgIpc) is 3.70. The quantitative estimate of drug-likeness (QED) is 0.397. The first-order valence-electron chi connectivity index (χ1n) is 14.9. The summed E-state index contributed by atoms with van der Waals surface area (Å²) in [6.45, 7) is 5.53. The van der Waals surface area contributed by atoms with Gasteiger partial charge in [-0.25, -0.2) is 0 Å². The Labute approximate surface area is 254 Å². The maximum atomic E-state index is 14.3. The van der Waals surface area contributed by atoms with Crippen LogP contribution in [-0.2, 0) is 36.5 Å². The topological polar surface area (TPSA) is 83.4 Å². The number of aromatic nitrogens is 3. The van der Waals surface area contributed by atoms with Gasteiger partial charge in [0.15, 0.2) is 0 Å². The summed E-state index contributed by atoms with van der Waals surface area (Å²) in [5.41, 5.74) is 0.871. The van der Waals surface area contributed by atoms with Crippen LogP contribution in [-0.4, -0.2) is 51.1 Å². The Balaban J connectivity index is 1.22. The lowest BCUT2D eigenvalue weighted by molar-refractivity contribution is -0.138. The molecule has 8 nitrogen and oxygen atoms in total. The van der Waals surface area contributed by atoms with Crippen molar-refractivity contribution in [1.82, 2.24) is 25.0 Å². The summed E-state index contributed by atoms with van der Waals surface area (Å²) >= 11 is 0. The molecule has 3 aromatic rings. The van der Waals surface area contributed by atoms with Crippen molar-refractivity contribution < 1.29 is 22.8 Å². The van der Waals surface area contributed by atoms with Crippen molar-refractivity contribution in [2.45, 2.75) is 57.8 Å². The maximum absolute atomic E-state index is 14.3. The molecule has 1 aliphatic carbocycles. The minimum absolute atomic E-state index is 0.00100. The molecule has 1 aromatic heterocycles. The van der Waals surface area contributed by atoms with Crippen molar-refractivity contribution in [3.63, 3.8) is 0 Å². The highest BCUT2D eigenvalue weighted by atomic mass is 19.4. The molecule has 0 unspecified atom stereocenters. The third kappa shape index (κ3) is 5.36. The van der Waals surface area contributed by atoms with E-state index in [0.717, 1.165) is 36.7 Å². The summed E-state index contributed by atoms with van der Waals surface area (Å²) in [6, 6.07) is 10.3. The number of hydrogen-bond donors (Lipinski definition) is 1. The van der Waals surface area contributed by atoms with Crippen molar-refractivity contribution in [3.8, 4) is 11.8 Å². The van der Waals surface area contributed by atoms with Crippen LogP contribution in [0.5, 0.6) is 0 Å². The molecule has 2 amide bonds. The van der Waals surface area contributed by atoms with Gasteiger partial charge < -0.3 is 19.7 Å². The number of alkyl halides is 3. The van der Waals surface area contributed by atoms with Gasteiger partial charge in [-0.1, -0.05) is 25.0 Å². The summed E-state index contributed by atoms with van der Waals surface area (Å²) in [6.07, 6.45) is -0.406. The number of hydrogen-bond acceptors (Lipinski definition) is 5. The molecule has 3 aliphatic rings. The molecule has 1 N–H and O–H groups in total. The van der Waals surface area contributed by atoms with Gasteiger partial charge in [0, 0.05) is 44.5 Å². The summed E-state index contributed by atoms with van der Waals surface area (Å²) < 4.78 is 44.9. The predicted octanol–water partition coefficient (Wildman–Crippen LogP) is 4.67. The van der Waals surface area contributed by atoms with Gasteiger partial charge in [-0.3, -0.25) is 9.59 Å². The van der Waals surface area contributed by atoms with E-state index >= 15 is 0 Å². The number of fused-ring (bicyclic) bond motifs is 1. The molecule has 0 spiro atoms. The third-order valence-corrected chi connectivity index (χ3v) is 9.22. The SMILES string of the molecule is CC#CC(=O)N1CC[C@H](CNCc2cc3c(c(C(F)(F)F)c2)CN(c2cccc(C4(c5nncn5C)CC(C)C4)c2)C3=O)C1. The Morgan fingerprint density at radius 3 is 2.68 bits per heavy atom. The van der Waals surface area contributed by atoms with Gasteiger partial charge in [0.25, 0.3) is 11.8 Å². The Hall–Kier alpha value is -4.17. The molecule has 1 saturated heterocycles. The Morgan fingerprint density at radius 1 is 1.20 bits per heavy atom. The first-order chi connectivity index (χ1) is 21.0. The molecular formula is C33H35F3N6O2. The third-order valence-electron chi connectivity index (χ3n) is 9.22. The first-order valence-corrected chi connectivity index (χ1v) is 14.9. The molecule has 2 fully saturated rings.